The number of nitrogens with one attached hydrogen (secondary N) is 1. The van der Waals surface area contributed by atoms with Crippen LogP contribution in [0.5, 0.6) is 0 Å². The van der Waals surface area contributed by atoms with E-state index in [4.69, 9.17) is 0 Å². The third-order valence-electron chi connectivity index (χ3n) is 4.19. The van der Waals surface area contributed by atoms with Gasteiger partial charge in [0.2, 0.25) is 5.91 Å². The second-order valence-corrected chi connectivity index (χ2v) is 6.76. The summed E-state index contributed by atoms with van der Waals surface area (Å²) in [6, 6.07) is 15.2. The van der Waals surface area contributed by atoms with Gasteiger partial charge in [0.05, 0.1) is 6.54 Å². The quantitative estimate of drug-likeness (QED) is 0.793. The molecule has 0 aliphatic carbocycles. The van der Waals surface area contributed by atoms with Gasteiger partial charge in [0.25, 0.3) is 0 Å². The number of hydrogen-bond donors (Lipinski definition) is 1. The lowest BCUT2D eigenvalue weighted by molar-refractivity contribution is -0.122. The van der Waals surface area contributed by atoms with Gasteiger partial charge < -0.3 is 5.32 Å². The van der Waals surface area contributed by atoms with Gasteiger partial charge in [0.15, 0.2) is 0 Å². The normalized spacial score (nSPS) is 11.1. The molecule has 0 bridgehead atoms. The highest BCUT2D eigenvalue weighted by atomic mass is 19.1. The van der Waals surface area contributed by atoms with Gasteiger partial charge in [-0.1, -0.05) is 56.3 Å². The minimum Gasteiger partial charge on any atom is -0.355 e. The first-order valence-electron chi connectivity index (χ1n) is 8.73. The van der Waals surface area contributed by atoms with Crippen LogP contribution < -0.4 is 5.32 Å². The van der Waals surface area contributed by atoms with Crippen LogP contribution in [0.3, 0.4) is 0 Å². The SMILES string of the molecule is CC(C)c1ccc(CCNC(=O)CN(C)Cc2ccccc2F)cc1. The third-order valence-corrected chi connectivity index (χ3v) is 4.19. The van der Waals surface area contributed by atoms with Crippen LogP contribution in [-0.2, 0) is 17.8 Å². The van der Waals surface area contributed by atoms with Crippen molar-refractivity contribution >= 4 is 5.91 Å². The van der Waals surface area contributed by atoms with Crippen LogP contribution in [0.4, 0.5) is 4.39 Å². The minimum atomic E-state index is -0.236. The molecule has 0 aromatic heterocycles. The molecule has 0 saturated carbocycles. The molecule has 0 spiro atoms. The summed E-state index contributed by atoms with van der Waals surface area (Å²) < 4.78 is 13.6. The van der Waals surface area contributed by atoms with Crippen LogP contribution >= 0.6 is 0 Å². The van der Waals surface area contributed by atoms with Crippen LogP contribution in [0.1, 0.15) is 36.5 Å². The topological polar surface area (TPSA) is 32.3 Å². The van der Waals surface area contributed by atoms with Crippen molar-refractivity contribution in [2.24, 2.45) is 0 Å². The zero-order valence-electron chi connectivity index (χ0n) is 15.3. The molecule has 0 aliphatic rings. The number of rotatable bonds is 8. The predicted octanol–water partition coefficient (Wildman–Crippen LogP) is 3.74. The molecule has 1 N–H and O–H groups in total. The fourth-order valence-corrected chi connectivity index (χ4v) is 2.69. The third kappa shape index (κ3) is 6.31. The van der Waals surface area contributed by atoms with Crippen LogP contribution in [0.15, 0.2) is 48.5 Å². The molecule has 134 valence electrons. The van der Waals surface area contributed by atoms with E-state index in [-0.39, 0.29) is 18.3 Å². The Kier molecular flexibility index (Phi) is 7.14. The highest BCUT2D eigenvalue weighted by molar-refractivity contribution is 5.77. The van der Waals surface area contributed by atoms with Crippen molar-refractivity contribution < 1.29 is 9.18 Å². The Hall–Kier alpha value is -2.20. The maximum atomic E-state index is 13.6. The van der Waals surface area contributed by atoms with Gasteiger partial charge in [0, 0.05) is 18.7 Å². The van der Waals surface area contributed by atoms with Gasteiger partial charge in [-0.05, 0) is 36.6 Å². The summed E-state index contributed by atoms with van der Waals surface area (Å²) >= 11 is 0. The Morgan fingerprint density at radius 1 is 1.12 bits per heavy atom. The molecule has 25 heavy (non-hydrogen) atoms. The van der Waals surface area contributed by atoms with Crippen molar-refractivity contribution in [3.63, 3.8) is 0 Å². The van der Waals surface area contributed by atoms with E-state index in [1.807, 2.05) is 11.9 Å². The summed E-state index contributed by atoms with van der Waals surface area (Å²) in [6.07, 6.45) is 0.807. The van der Waals surface area contributed by atoms with Gasteiger partial charge in [0.1, 0.15) is 5.82 Å². The highest BCUT2D eigenvalue weighted by Crippen LogP contribution is 2.14. The van der Waals surface area contributed by atoms with Crippen molar-refractivity contribution in [3.8, 4) is 0 Å². The summed E-state index contributed by atoms with van der Waals surface area (Å²) in [6.45, 7) is 5.62. The van der Waals surface area contributed by atoms with E-state index in [0.717, 1.165) is 6.42 Å². The molecule has 0 atom stereocenters. The smallest absolute Gasteiger partial charge is 0.234 e. The first kappa shape index (κ1) is 19.1. The molecular formula is C21H27FN2O. The van der Waals surface area contributed by atoms with Gasteiger partial charge in [-0.25, -0.2) is 4.39 Å². The Balaban J connectivity index is 1.72. The molecule has 0 unspecified atom stereocenters. The van der Waals surface area contributed by atoms with E-state index in [2.05, 4.69) is 43.4 Å². The van der Waals surface area contributed by atoms with Gasteiger partial charge in [-0.2, -0.15) is 0 Å². The second-order valence-electron chi connectivity index (χ2n) is 6.76. The largest absolute Gasteiger partial charge is 0.355 e. The highest BCUT2D eigenvalue weighted by Gasteiger charge is 2.09. The maximum Gasteiger partial charge on any atom is 0.234 e. The van der Waals surface area contributed by atoms with Crippen molar-refractivity contribution in [2.75, 3.05) is 20.1 Å². The van der Waals surface area contributed by atoms with Crippen LogP contribution in [0, 0.1) is 5.82 Å². The molecule has 0 radical (unpaired) electrons. The molecule has 0 aliphatic heterocycles. The molecule has 0 heterocycles. The zero-order chi connectivity index (χ0) is 18.2. The molecule has 0 fully saturated rings. The molecule has 2 rings (SSSR count). The van der Waals surface area contributed by atoms with Crippen LogP contribution in [0.2, 0.25) is 0 Å². The van der Waals surface area contributed by atoms with E-state index < -0.39 is 0 Å². The van der Waals surface area contributed by atoms with E-state index >= 15 is 0 Å². The molecule has 3 nitrogen and oxygen atoms in total. The van der Waals surface area contributed by atoms with E-state index in [1.54, 1.807) is 18.2 Å². The van der Waals surface area contributed by atoms with Gasteiger partial charge >= 0.3 is 0 Å². The summed E-state index contributed by atoms with van der Waals surface area (Å²) in [5.41, 5.74) is 3.13. The summed E-state index contributed by atoms with van der Waals surface area (Å²) in [4.78, 5) is 13.8. The van der Waals surface area contributed by atoms with E-state index in [1.165, 1.54) is 17.2 Å². The number of hydrogen-bond acceptors (Lipinski definition) is 2. The lowest BCUT2D eigenvalue weighted by atomic mass is 10.0. The maximum absolute atomic E-state index is 13.6. The Labute approximate surface area is 149 Å². The molecule has 2 aromatic carbocycles. The molecule has 4 heteroatoms. The molecule has 2 aromatic rings. The van der Waals surface area contributed by atoms with E-state index in [0.29, 0.717) is 24.6 Å². The minimum absolute atomic E-state index is 0.0439. The van der Waals surface area contributed by atoms with E-state index in [9.17, 15) is 9.18 Å². The van der Waals surface area contributed by atoms with Crippen LogP contribution in [-0.4, -0.2) is 30.9 Å². The van der Waals surface area contributed by atoms with Crippen LogP contribution in [0.25, 0.3) is 0 Å². The molecular weight excluding hydrogens is 315 g/mol. The first-order valence-corrected chi connectivity index (χ1v) is 8.73. The van der Waals surface area contributed by atoms with Gasteiger partial charge in [-0.15, -0.1) is 0 Å². The number of nitrogens with zero attached hydrogens (tertiary/aromatic N) is 1. The Morgan fingerprint density at radius 2 is 1.80 bits per heavy atom. The number of carbonyl (C=O) groups excluding carboxylic acids is 1. The molecule has 1 amide bonds. The standard InChI is InChI=1S/C21H27FN2O/c1-16(2)18-10-8-17(9-11-18)12-13-23-21(25)15-24(3)14-19-6-4-5-7-20(19)22/h4-11,16H,12-15H2,1-3H3,(H,23,25). The Bertz CT molecular complexity index is 683. The fourth-order valence-electron chi connectivity index (χ4n) is 2.69. The number of amides is 1. The summed E-state index contributed by atoms with van der Waals surface area (Å²) in [5, 5.41) is 2.93. The Morgan fingerprint density at radius 3 is 2.44 bits per heavy atom. The van der Waals surface area contributed by atoms with Crippen molar-refractivity contribution in [1.29, 1.82) is 0 Å². The lowest BCUT2D eigenvalue weighted by Gasteiger charge is -2.16. The van der Waals surface area contributed by atoms with Gasteiger partial charge in [-0.3, -0.25) is 9.69 Å². The lowest BCUT2D eigenvalue weighted by Crippen LogP contribution is -2.36. The first-order chi connectivity index (χ1) is 12.0. The summed E-state index contributed by atoms with van der Waals surface area (Å²) in [7, 11) is 1.82. The number of benzene rings is 2. The number of likely N-dealkylation sites (N-methyl/N-ethyl adjacent to an activating group) is 1. The fraction of sp³-hybridized carbons (Fsp3) is 0.381. The zero-order valence-corrected chi connectivity index (χ0v) is 15.3. The summed E-state index contributed by atoms with van der Waals surface area (Å²) in [5.74, 6) is 0.246. The number of halogens is 1. The predicted molar refractivity (Wildman–Crippen MR) is 100.0 cm³/mol. The van der Waals surface area contributed by atoms with Crippen molar-refractivity contribution in [1.82, 2.24) is 10.2 Å². The number of carbonyl (C=O) groups is 1. The molecule has 0 saturated heterocycles. The average Bonchev–Trinajstić information content (AvgIpc) is 2.57. The second kappa shape index (κ2) is 9.33. The monoisotopic (exact) mass is 342 g/mol. The average molecular weight is 342 g/mol. The van der Waals surface area contributed by atoms with Crippen molar-refractivity contribution in [3.05, 3.63) is 71.0 Å². The van der Waals surface area contributed by atoms with Crippen molar-refractivity contribution in [2.45, 2.75) is 32.7 Å².